The van der Waals surface area contributed by atoms with Crippen LogP contribution in [-0.2, 0) is 12.4 Å². The van der Waals surface area contributed by atoms with Crippen LogP contribution >= 0.6 is 11.6 Å². The predicted octanol–water partition coefficient (Wildman–Crippen LogP) is 3.53. The summed E-state index contributed by atoms with van der Waals surface area (Å²) in [6.45, 7) is 4.92. The molecule has 2 aromatic rings. The van der Waals surface area contributed by atoms with Crippen LogP contribution in [0.4, 0.5) is 0 Å². The van der Waals surface area contributed by atoms with Crippen LogP contribution in [0.5, 0.6) is 11.6 Å². The van der Waals surface area contributed by atoms with Gasteiger partial charge in [0.05, 0.1) is 12.4 Å². The van der Waals surface area contributed by atoms with E-state index in [1.807, 2.05) is 29.9 Å². The van der Waals surface area contributed by atoms with Gasteiger partial charge in [0, 0.05) is 24.2 Å². The fraction of sp³-hybridized carbons (Fsp3) is 0.385. The molecule has 2 rings (SSSR count). The lowest BCUT2D eigenvalue weighted by molar-refractivity contribution is 0.459. The van der Waals surface area contributed by atoms with Gasteiger partial charge < -0.3 is 4.74 Å². The highest BCUT2D eigenvalue weighted by Gasteiger charge is 2.04. The Labute approximate surface area is 112 Å². The van der Waals surface area contributed by atoms with E-state index in [0.29, 0.717) is 17.5 Å². The SMILES string of the molecule is CCCn1cc(Oc2ccc(CCl)c(C)n2)cn1. The summed E-state index contributed by atoms with van der Waals surface area (Å²) < 4.78 is 7.50. The fourth-order valence-corrected chi connectivity index (χ4v) is 1.92. The molecule has 0 aliphatic carbocycles. The zero-order chi connectivity index (χ0) is 13.0. The Hall–Kier alpha value is -1.55. The quantitative estimate of drug-likeness (QED) is 0.777. The second kappa shape index (κ2) is 5.87. The Morgan fingerprint density at radius 2 is 2.22 bits per heavy atom. The molecule has 0 amide bonds. The molecule has 0 radical (unpaired) electrons. The summed E-state index contributed by atoms with van der Waals surface area (Å²) in [6.07, 6.45) is 4.61. The maximum absolute atomic E-state index is 5.79. The Balaban J connectivity index is 2.10. The van der Waals surface area contributed by atoms with Crippen molar-refractivity contribution < 1.29 is 4.74 Å². The first kappa shape index (κ1) is 12.9. The highest BCUT2D eigenvalue weighted by atomic mass is 35.5. The van der Waals surface area contributed by atoms with E-state index < -0.39 is 0 Å². The van der Waals surface area contributed by atoms with Gasteiger partial charge in [0.15, 0.2) is 5.75 Å². The minimum atomic E-state index is 0.466. The largest absolute Gasteiger partial charge is 0.436 e. The summed E-state index contributed by atoms with van der Waals surface area (Å²) in [7, 11) is 0. The van der Waals surface area contributed by atoms with Crippen LogP contribution in [0.3, 0.4) is 0 Å². The number of aryl methyl sites for hydroxylation is 2. The number of nitrogens with zero attached hydrogens (tertiary/aromatic N) is 3. The smallest absolute Gasteiger partial charge is 0.219 e. The molecule has 4 nitrogen and oxygen atoms in total. The number of ether oxygens (including phenoxy) is 1. The van der Waals surface area contributed by atoms with Crippen molar-refractivity contribution in [3.05, 3.63) is 35.8 Å². The number of alkyl halides is 1. The average molecular weight is 266 g/mol. The van der Waals surface area contributed by atoms with Crippen LogP contribution in [0.1, 0.15) is 24.6 Å². The molecule has 0 fully saturated rings. The Bertz CT molecular complexity index is 525. The van der Waals surface area contributed by atoms with Crippen molar-refractivity contribution in [2.75, 3.05) is 0 Å². The van der Waals surface area contributed by atoms with Gasteiger partial charge in [-0.3, -0.25) is 4.68 Å². The summed E-state index contributed by atoms with van der Waals surface area (Å²) in [6, 6.07) is 3.75. The lowest BCUT2D eigenvalue weighted by atomic mass is 10.2. The van der Waals surface area contributed by atoms with Crippen molar-refractivity contribution in [1.29, 1.82) is 0 Å². The van der Waals surface area contributed by atoms with E-state index in [1.165, 1.54) is 0 Å². The van der Waals surface area contributed by atoms with Gasteiger partial charge in [0.1, 0.15) is 0 Å². The van der Waals surface area contributed by atoms with Gasteiger partial charge >= 0.3 is 0 Å². The molecule has 0 aromatic carbocycles. The molecular weight excluding hydrogens is 250 g/mol. The van der Waals surface area contributed by atoms with E-state index >= 15 is 0 Å². The molecule has 0 saturated carbocycles. The first-order chi connectivity index (χ1) is 8.72. The monoisotopic (exact) mass is 265 g/mol. The molecule has 0 unspecified atom stereocenters. The van der Waals surface area contributed by atoms with Crippen LogP contribution in [0, 0.1) is 6.92 Å². The van der Waals surface area contributed by atoms with Crippen molar-refractivity contribution in [2.45, 2.75) is 32.7 Å². The molecule has 0 atom stereocenters. The van der Waals surface area contributed by atoms with Crippen LogP contribution in [0.25, 0.3) is 0 Å². The number of rotatable bonds is 5. The summed E-state index contributed by atoms with van der Waals surface area (Å²) in [5, 5.41) is 4.20. The van der Waals surface area contributed by atoms with Crippen LogP contribution in [-0.4, -0.2) is 14.8 Å². The molecule has 2 heterocycles. The van der Waals surface area contributed by atoms with Crippen LogP contribution in [0.15, 0.2) is 24.5 Å². The predicted molar refractivity (Wildman–Crippen MR) is 71.1 cm³/mol. The molecule has 0 aliphatic rings. The third-order valence-corrected chi connectivity index (χ3v) is 2.89. The normalized spacial score (nSPS) is 10.6. The molecular formula is C13H16ClN3O. The van der Waals surface area contributed by atoms with Crippen molar-refractivity contribution in [3.8, 4) is 11.6 Å². The van der Waals surface area contributed by atoms with Crippen LogP contribution < -0.4 is 4.74 Å². The molecule has 2 aromatic heterocycles. The lowest BCUT2D eigenvalue weighted by Crippen LogP contribution is -1.96. The van der Waals surface area contributed by atoms with E-state index in [4.69, 9.17) is 16.3 Å². The molecule has 0 aliphatic heterocycles. The second-order valence-electron chi connectivity index (χ2n) is 4.07. The number of halogens is 1. The van der Waals surface area contributed by atoms with E-state index in [0.717, 1.165) is 24.2 Å². The summed E-state index contributed by atoms with van der Waals surface area (Å²) in [5.74, 6) is 1.74. The van der Waals surface area contributed by atoms with Crippen molar-refractivity contribution in [2.24, 2.45) is 0 Å². The zero-order valence-corrected chi connectivity index (χ0v) is 11.3. The summed E-state index contributed by atoms with van der Waals surface area (Å²) in [5.41, 5.74) is 1.91. The molecule has 0 N–H and O–H groups in total. The highest BCUT2D eigenvalue weighted by molar-refractivity contribution is 6.17. The maximum atomic E-state index is 5.79. The number of pyridine rings is 1. The molecule has 0 saturated heterocycles. The number of hydrogen-bond donors (Lipinski definition) is 0. The van der Waals surface area contributed by atoms with Gasteiger partial charge in [0.2, 0.25) is 5.88 Å². The third-order valence-electron chi connectivity index (χ3n) is 2.60. The molecule has 18 heavy (non-hydrogen) atoms. The molecule has 0 spiro atoms. The van der Waals surface area contributed by atoms with Gasteiger partial charge in [-0.05, 0) is 18.9 Å². The second-order valence-corrected chi connectivity index (χ2v) is 4.34. The van der Waals surface area contributed by atoms with E-state index in [2.05, 4.69) is 17.0 Å². The fourth-order valence-electron chi connectivity index (χ4n) is 1.63. The van der Waals surface area contributed by atoms with Gasteiger partial charge in [-0.1, -0.05) is 13.0 Å². The van der Waals surface area contributed by atoms with Gasteiger partial charge in [0.25, 0.3) is 0 Å². The Morgan fingerprint density at radius 3 is 2.89 bits per heavy atom. The first-order valence-corrected chi connectivity index (χ1v) is 6.49. The van der Waals surface area contributed by atoms with Crippen molar-refractivity contribution in [3.63, 3.8) is 0 Å². The Morgan fingerprint density at radius 1 is 1.39 bits per heavy atom. The number of aromatic nitrogens is 3. The topological polar surface area (TPSA) is 39.9 Å². The van der Waals surface area contributed by atoms with Gasteiger partial charge in [-0.15, -0.1) is 11.6 Å². The summed E-state index contributed by atoms with van der Waals surface area (Å²) >= 11 is 5.79. The third kappa shape index (κ3) is 3.01. The van der Waals surface area contributed by atoms with Crippen LogP contribution in [0.2, 0.25) is 0 Å². The highest BCUT2D eigenvalue weighted by Crippen LogP contribution is 2.20. The van der Waals surface area contributed by atoms with E-state index in [1.54, 1.807) is 6.20 Å². The average Bonchev–Trinajstić information content (AvgIpc) is 2.77. The molecule has 5 heteroatoms. The minimum Gasteiger partial charge on any atom is -0.436 e. The maximum Gasteiger partial charge on any atom is 0.219 e. The van der Waals surface area contributed by atoms with Crippen molar-refractivity contribution >= 4 is 11.6 Å². The van der Waals surface area contributed by atoms with E-state index in [-0.39, 0.29) is 0 Å². The summed E-state index contributed by atoms with van der Waals surface area (Å²) in [4.78, 5) is 4.35. The standard InChI is InChI=1S/C13H16ClN3O/c1-3-6-17-9-12(8-15-17)18-13-5-4-11(7-14)10(2)16-13/h4-5,8-9H,3,6-7H2,1-2H3. The zero-order valence-electron chi connectivity index (χ0n) is 10.6. The molecule has 0 bridgehead atoms. The van der Waals surface area contributed by atoms with Gasteiger partial charge in [-0.2, -0.15) is 5.10 Å². The van der Waals surface area contributed by atoms with E-state index in [9.17, 15) is 0 Å². The first-order valence-electron chi connectivity index (χ1n) is 5.95. The van der Waals surface area contributed by atoms with Gasteiger partial charge in [-0.25, -0.2) is 4.98 Å². The minimum absolute atomic E-state index is 0.466. The van der Waals surface area contributed by atoms with Crippen molar-refractivity contribution in [1.82, 2.24) is 14.8 Å². The number of hydrogen-bond acceptors (Lipinski definition) is 3. The molecule has 96 valence electrons. The Kier molecular flexibility index (Phi) is 4.20. The lowest BCUT2D eigenvalue weighted by Gasteiger charge is -2.05.